The van der Waals surface area contributed by atoms with Gasteiger partial charge < -0.3 is 20.1 Å². The fraction of sp³-hybridized carbons (Fsp3) is 0.833. The maximum absolute atomic E-state index is 8.79. The van der Waals surface area contributed by atoms with E-state index in [2.05, 4.69) is 0 Å². The second-order valence-corrected chi connectivity index (χ2v) is 2.19. The van der Waals surface area contributed by atoms with E-state index in [1.165, 1.54) is 0 Å². The summed E-state index contributed by atoms with van der Waals surface area (Å²) in [5.74, 6) is 0. The van der Waals surface area contributed by atoms with Gasteiger partial charge in [0, 0.05) is 6.42 Å². The topological polar surface area (TPSA) is 87.0 Å². The molecular weight excluding hydrogens is 152 g/mol. The lowest BCUT2D eigenvalue weighted by atomic mass is 10.1. The number of hydrogen-bond acceptors (Lipinski definition) is 4. The van der Waals surface area contributed by atoms with Crippen molar-refractivity contribution in [1.82, 2.24) is 0 Å². The number of carboxylic acid groups (broad SMARTS) is 1. The first-order chi connectivity index (χ1) is 5.20. The highest BCUT2D eigenvalue weighted by molar-refractivity contribution is 5.32. The summed E-state index contributed by atoms with van der Waals surface area (Å²) in [5.41, 5.74) is 0. The van der Waals surface area contributed by atoms with Crippen LogP contribution in [0.15, 0.2) is 0 Å². The fourth-order valence-corrected chi connectivity index (χ4v) is 0.790. The Labute approximate surface area is 64.2 Å². The van der Waals surface area contributed by atoms with Crippen LogP contribution in [0, 0.1) is 0 Å². The van der Waals surface area contributed by atoms with Gasteiger partial charge in [0.2, 0.25) is 0 Å². The van der Waals surface area contributed by atoms with Gasteiger partial charge >= 0.3 is 0 Å². The predicted molar refractivity (Wildman–Crippen MR) is 36.1 cm³/mol. The lowest BCUT2D eigenvalue weighted by molar-refractivity contribution is -0.122. The van der Waals surface area contributed by atoms with Crippen LogP contribution in [0.3, 0.4) is 0 Å². The van der Waals surface area contributed by atoms with Gasteiger partial charge in [0.1, 0.15) is 0 Å². The van der Waals surface area contributed by atoms with Gasteiger partial charge in [-0.05, 0) is 0 Å². The molecule has 1 rings (SSSR count). The van der Waals surface area contributed by atoms with Gasteiger partial charge in [0.25, 0.3) is 6.47 Å². The van der Waals surface area contributed by atoms with E-state index in [9.17, 15) is 0 Å². The highest BCUT2D eigenvalue weighted by atomic mass is 16.5. The molecule has 0 amide bonds. The maximum atomic E-state index is 8.79. The molecule has 0 unspecified atom stereocenters. The third-order valence-electron chi connectivity index (χ3n) is 1.16. The van der Waals surface area contributed by atoms with Crippen LogP contribution in [0.2, 0.25) is 0 Å². The molecule has 1 aliphatic rings. The summed E-state index contributed by atoms with van der Waals surface area (Å²) in [6.07, 6.45) is -0.461. The van der Waals surface area contributed by atoms with Gasteiger partial charge in [-0.15, -0.1) is 0 Å². The van der Waals surface area contributed by atoms with Gasteiger partial charge in [0.05, 0.1) is 25.4 Å². The Morgan fingerprint density at radius 1 is 1.27 bits per heavy atom. The molecule has 0 bridgehead atoms. The summed E-state index contributed by atoms with van der Waals surface area (Å²) in [6, 6.07) is 0. The van der Waals surface area contributed by atoms with Gasteiger partial charge in [-0.25, -0.2) is 0 Å². The summed E-state index contributed by atoms with van der Waals surface area (Å²) < 4.78 is 4.79. The molecule has 1 saturated heterocycles. The molecule has 0 spiro atoms. The minimum atomic E-state index is -0.459. The second kappa shape index (κ2) is 6.09. The molecule has 11 heavy (non-hydrogen) atoms. The first-order valence-electron chi connectivity index (χ1n) is 3.22. The monoisotopic (exact) mass is 164 g/mol. The molecule has 5 nitrogen and oxygen atoms in total. The van der Waals surface area contributed by atoms with E-state index in [0.29, 0.717) is 19.6 Å². The average molecular weight is 164 g/mol. The Morgan fingerprint density at radius 2 is 1.64 bits per heavy atom. The third kappa shape index (κ3) is 5.78. The molecule has 0 aromatic carbocycles. The number of aliphatic hydroxyl groups is 2. The first kappa shape index (κ1) is 10.3. The van der Waals surface area contributed by atoms with Crippen molar-refractivity contribution in [3.05, 3.63) is 0 Å². The van der Waals surface area contributed by atoms with Crippen LogP contribution >= 0.6 is 0 Å². The van der Waals surface area contributed by atoms with E-state index in [4.69, 9.17) is 24.9 Å². The summed E-state index contributed by atoms with van der Waals surface area (Å²) in [5, 5.41) is 24.5. The Bertz CT molecular complexity index is 97.1. The highest BCUT2D eigenvalue weighted by Crippen LogP contribution is 2.05. The van der Waals surface area contributed by atoms with E-state index in [1.807, 2.05) is 0 Å². The standard InChI is InChI=1S/C5H10O3.CH2O2/c6-4-1-5(7)3-8-2-4;2-1-3/h4-7H,1-3H2;1H,(H,2,3)/t4-,5+;. The van der Waals surface area contributed by atoms with Crippen LogP contribution in [-0.4, -0.2) is 47.2 Å². The first-order valence-corrected chi connectivity index (χ1v) is 3.22. The molecule has 0 saturated carbocycles. The molecule has 1 heterocycles. The minimum Gasteiger partial charge on any atom is -0.483 e. The molecule has 1 fully saturated rings. The zero-order valence-electron chi connectivity index (χ0n) is 6.01. The third-order valence-corrected chi connectivity index (χ3v) is 1.16. The van der Waals surface area contributed by atoms with Crippen LogP contribution in [0.1, 0.15) is 6.42 Å². The fourth-order valence-electron chi connectivity index (χ4n) is 0.790. The van der Waals surface area contributed by atoms with Gasteiger partial charge in [-0.1, -0.05) is 0 Å². The van der Waals surface area contributed by atoms with Crippen LogP contribution < -0.4 is 0 Å². The van der Waals surface area contributed by atoms with Gasteiger partial charge in [-0.2, -0.15) is 0 Å². The molecule has 0 aromatic rings. The summed E-state index contributed by atoms with van der Waals surface area (Å²) in [6.45, 7) is 0.494. The second-order valence-electron chi connectivity index (χ2n) is 2.19. The van der Waals surface area contributed by atoms with Crippen LogP contribution in [-0.2, 0) is 9.53 Å². The van der Waals surface area contributed by atoms with E-state index in [1.54, 1.807) is 0 Å². The Kier molecular flexibility index (Phi) is 5.73. The molecule has 0 aromatic heterocycles. The van der Waals surface area contributed by atoms with Crippen molar-refractivity contribution in [2.75, 3.05) is 13.2 Å². The lowest BCUT2D eigenvalue weighted by Gasteiger charge is -2.21. The van der Waals surface area contributed by atoms with E-state index in [0.717, 1.165) is 0 Å². The van der Waals surface area contributed by atoms with Crippen molar-refractivity contribution >= 4 is 6.47 Å². The molecule has 0 radical (unpaired) electrons. The molecule has 66 valence electrons. The number of carbonyl (C=O) groups is 1. The number of aliphatic hydroxyl groups excluding tert-OH is 2. The van der Waals surface area contributed by atoms with Crippen molar-refractivity contribution in [3.8, 4) is 0 Å². The van der Waals surface area contributed by atoms with Crippen LogP contribution in [0.25, 0.3) is 0 Å². The van der Waals surface area contributed by atoms with Crippen molar-refractivity contribution in [1.29, 1.82) is 0 Å². The number of hydrogen-bond donors (Lipinski definition) is 3. The lowest BCUT2D eigenvalue weighted by Crippen LogP contribution is -2.32. The van der Waals surface area contributed by atoms with E-state index in [-0.39, 0.29) is 6.47 Å². The Morgan fingerprint density at radius 3 is 1.82 bits per heavy atom. The largest absolute Gasteiger partial charge is 0.483 e. The summed E-state index contributed by atoms with van der Waals surface area (Å²) >= 11 is 0. The van der Waals surface area contributed by atoms with Crippen molar-refractivity contribution in [2.45, 2.75) is 18.6 Å². The van der Waals surface area contributed by atoms with Crippen LogP contribution in [0.4, 0.5) is 0 Å². The maximum Gasteiger partial charge on any atom is 0.290 e. The van der Waals surface area contributed by atoms with E-state index >= 15 is 0 Å². The Hall–Kier alpha value is -0.650. The smallest absolute Gasteiger partial charge is 0.290 e. The molecule has 3 N–H and O–H groups in total. The molecule has 5 heteroatoms. The molecule has 2 atom stereocenters. The minimum absolute atomic E-state index is 0.250. The normalized spacial score (nSPS) is 30.0. The van der Waals surface area contributed by atoms with E-state index < -0.39 is 12.2 Å². The summed E-state index contributed by atoms with van der Waals surface area (Å²) in [7, 11) is 0. The summed E-state index contributed by atoms with van der Waals surface area (Å²) in [4.78, 5) is 8.36. The van der Waals surface area contributed by atoms with Crippen LogP contribution in [0.5, 0.6) is 0 Å². The SMILES string of the molecule is O=CO.O[C@@H]1COC[C@H](O)C1. The zero-order valence-corrected chi connectivity index (χ0v) is 6.01. The number of rotatable bonds is 0. The zero-order chi connectivity index (χ0) is 8.69. The quantitative estimate of drug-likeness (QED) is 0.393. The molecular formula is C6H12O5. The van der Waals surface area contributed by atoms with Gasteiger partial charge in [0.15, 0.2) is 0 Å². The van der Waals surface area contributed by atoms with Gasteiger partial charge in [-0.3, -0.25) is 4.79 Å². The van der Waals surface area contributed by atoms with Crippen molar-refractivity contribution in [2.24, 2.45) is 0 Å². The van der Waals surface area contributed by atoms with Crippen molar-refractivity contribution < 1.29 is 24.9 Å². The number of ether oxygens (including phenoxy) is 1. The Balaban J connectivity index is 0.000000292. The molecule has 1 aliphatic heterocycles. The average Bonchev–Trinajstić information content (AvgIpc) is 1.88. The van der Waals surface area contributed by atoms with Crippen molar-refractivity contribution in [3.63, 3.8) is 0 Å². The predicted octanol–water partition coefficient (Wildman–Crippen LogP) is -1.17. The highest BCUT2D eigenvalue weighted by Gasteiger charge is 2.17. The molecule has 0 aliphatic carbocycles.